The second-order valence-electron chi connectivity index (χ2n) is 8.11. The van der Waals surface area contributed by atoms with Gasteiger partial charge in [-0.3, -0.25) is 9.59 Å². The van der Waals surface area contributed by atoms with Gasteiger partial charge in [0.25, 0.3) is 0 Å². The van der Waals surface area contributed by atoms with Gasteiger partial charge in [-0.05, 0) is 36.2 Å². The van der Waals surface area contributed by atoms with Crippen molar-refractivity contribution in [2.24, 2.45) is 11.8 Å². The Hall–Kier alpha value is -3.12. The van der Waals surface area contributed by atoms with Crippen LogP contribution in [-0.4, -0.2) is 48.6 Å². The molecule has 30 heavy (non-hydrogen) atoms. The largest absolute Gasteiger partial charge is 0.497 e. The van der Waals surface area contributed by atoms with Crippen LogP contribution in [0.15, 0.2) is 66.7 Å². The summed E-state index contributed by atoms with van der Waals surface area (Å²) in [5.74, 6) is -0.446. The number of rotatable bonds is 6. The molecule has 2 saturated heterocycles. The highest BCUT2D eigenvalue weighted by Gasteiger charge is 2.66. The van der Waals surface area contributed by atoms with Crippen molar-refractivity contribution in [3.05, 3.63) is 72.3 Å². The fourth-order valence-corrected chi connectivity index (χ4v) is 4.88. The number of anilines is 1. The van der Waals surface area contributed by atoms with E-state index in [9.17, 15) is 9.59 Å². The Morgan fingerprint density at radius 3 is 2.70 bits per heavy atom. The first-order chi connectivity index (χ1) is 14.6. The number of hydrogen-bond donors (Lipinski definition) is 1. The summed E-state index contributed by atoms with van der Waals surface area (Å²) in [5, 5.41) is 2.94. The molecule has 2 amide bonds. The van der Waals surface area contributed by atoms with Gasteiger partial charge in [0.2, 0.25) is 11.8 Å². The molecular weight excluding hydrogens is 380 g/mol. The number of amides is 2. The number of fused-ring (bicyclic) bond motifs is 1. The summed E-state index contributed by atoms with van der Waals surface area (Å²) in [5.41, 5.74) is 1.18. The van der Waals surface area contributed by atoms with Crippen molar-refractivity contribution >= 4 is 17.5 Å². The van der Waals surface area contributed by atoms with Gasteiger partial charge in [0.05, 0.1) is 31.6 Å². The van der Waals surface area contributed by atoms with E-state index < -0.39 is 17.4 Å². The third-order valence-electron chi connectivity index (χ3n) is 6.35. The number of hydrogen-bond acceptors (Lipinski definition) is 4. The van der Waals surface area contributed by atoms with Gasteiger partial charge in [0.1, 0.15) is 11.4 Å². The lowest BCUT2D eigenvalue weighted by atomic mass is 9.77. The third-order valence-corrected chi connectivity index (χ3v) is 6.35. The van der Waals surface area contributed by atoms with Crippen molar-refractivity contribution in [3.8, 4) is 5.75 Å². The van der Waals surface area contributed by atoms with Crippen molar-refractivity contribution in [1.29, 1.82) is 0 Å². The van der Waals surface area contributed by atoms with E-state index in [4.69, 9.17) is 9.47 Å². The van der Waals surface area contributed by atoms with E-state index in [2.05, 4.69) is 17.4 Å². The highest BCUT2D eigenvalue weighted by molar-refractivity contribution is 5.99. The van der Waals surface area contributed by atoms with Crippen LogP contribution in [0.1, 0.15) is 5.56 Å². The molecule has 2 aromatic carbocycles. The van der Waals surface area contributed by atoms with E-state index in [1.54, 1.807) is 31.4 Å². The second-order valence-corrected chi connectivity index (χ2v) is 8.11. The smallest absolute Gasteiger partial charge is 0.231 e. The lowest BCUT2D eigenvalue weighted by molar-refractivity contribution is -0.135. The predicted molar refractivity (Wildman–Crippen MR) is 112 cm³/mol. The standard InChI is InChI=1S/C24H24N2O4/c1-29-18-9-7-17(8-10-18)25-22(27)20-19-11-13-24(30-19)15-26(23(28)21(20)24)14-12-16-5-3-2-4-6-16/h2-11,13,19-21H,12,14-15H2,1H3,(H,25,27)/t19-,20+,21-,24+/m1/s1. The minimum atomic E-state index is -0.680. The molecule has 2 fully saturated rings. The maximum atomic E-state index is 13.3. The predicted octanol–water partition coefficient (Wildman–Crippen LogP) is 2.66. The highest BCUT2D eigenvalue weighted by Crippen LogP contribution is 2.52. The fraction of sp³-hybridized carbons (Fsp3) is 0.333. The highest BCUT2D eigenvalue weighted by atomic mass is 16.5. The molecule has 0 radical (unpaired) electrons. The molecular formula is C24H24N2O4. The van der Waals surface area contributed by atoms with E-state index in [1.165, 1.54) is 5.56 Å². The molecule has 3 aliphatic heterocycles. The molecule has 5 rings (SSSR count). The Labute approximate surface area is 175 Å². The molecule has 0 unspecified atom stereocenters. The average Bonchev–Trinajstić information content (AvgIpc) is 3.41. The number of likely N-dealkylation sites (tertiary alicyclic amines) is 1. The van der Waals surface area contributed by atoms with Crippen LogP contribution in [0.4, 0.5) is 5.69 Å². The summed E-state index contributed by atoms with van der Waals surface area (Å²) >= 11 is 0. The van der Waals surface area contributed by atoms with Crippen LogP contribution in [0.2, 0.25) is 0 Å². The Morgan fingerprint density at radius 1 is 1.20 bits per heavy atom. The van der Waals surface area contributed by atoms with Crippen LogP contribution in [0, 0.1) is 11.8 Å². The molecule has 6 nitrogen and oxygen atoms in total. The molecule has 3 heterocycles. The third kappa shape index (κ3) is 3.08. The molecule has 0 saturated carbocycles. The van der Waals surface area contributed by atoms with E-state index >= 15 is 0 Å². The normalized spacial score (nSPS) is 28.6. The number of nitrogens with one attached hydrogen (secondary N) is 1. The molecule has 6 heteroatoms. The Bertz CT molecular complexity index is 988. The van der Waals surface area contributed by atoms with E-state index in [0.29, 0.717) is 18.8 Å². The zero-order chi connectivity index (χ0) is 20.7. The number of ether oxygens (including phenoxy) is 2. The maximum Gasteiger partial charge on any atom is 0.231 e. The summed E-state index contributed by atoms with van der Waals surface area (Å²) in [6.07, 6.45) is 4.35. The van der Waals surface area contributed by atoms with E-state index in [-0.39, 0.29) is 17.9 Å². The van der Waals surface area contributed by atoms with Crippen molar-refractivity contribution in [2.75, 3.05) is 25.5 Å². The van der Waals surface area contributed by atoms with Gasteiger partial charge in [-0.15, -0.1) is 0 Å². The van der Waals surface area contributed by atoms with Gasteiger partial charge < -0.3 is 19.7 Å². The molecule has 3 aliphatic rings. The summed E-state index contributed by atoms with van der Waals surface area (Å²) in [6, 6.07) is 17.3. The van der Waals surface area contributed by atoms with Gasteiger partial charge in [0, 0.05) is 12.2 Å². The van der Waals surface area contributed by atoms with Gasteiger partial charge in [-0.2, -0.15) is 0 Å². The second kappa shape index (κ2) is 7.29. The van der Waals surface area contributed by atoms with Crippen molar-refractivity contribution in [1.82, 2.24) is 4.90 Å². The van der Waals surface area contributed by atoms with Crippen molar-refractivity contribution < 1.29 is 19.1 Å². The van der Waals surface area contributed by atoms with E-state index in [1.807, 2.05) is 35.3 Å². The lowest BCUT2D eigenvalue weighted by Gasteiger charge is -2.23. The van der Waals surface area contributed by atoms with Crippen LogP contribution in [0.5, 0.6) is 5.75 Å². The van der Waals surface area contributed by atoms with Crippen LogP contribution in [0.3, 0.4) is 0 Å². The van der Waals surface area contributed by atoms with Crippen LogP contribution < -0.4 is 10.1 Å². The summed E-state index contributed by atoms with van der Waals surface area (Å²) in [4.78, 5) is 28.2. The first-order valence-corrected chi connectivity index (χ1v) is 10.2. The molecule has 1 N–H and O–H groups in total. The van der Waals surface area contributed by atoms with Gasteiger partial charge in [-0.25, -0.2) is 0 Å². The lowest BCUT2D eigenvalue weighted by Crippen LogP contribution is -2.41. The number of carbonyl (C=O) groups is 2. The SMILES string of the molecule is COc1ccc(NC(=O)[C@H]2[C@H]3C=C[C@@]4(CN(CCc5ccccc5)C(=O)[C@@H]24)O3)cc1. The Morgan fingerprint density at radius 2 is 1.97 bits per heavy atom. The number of methoxy groups -OCH3 is 1. The van der Waals surface area contributed by atoms with Gasteiger partial charge >= 0.3 is 0 Å². The molecule has 0 aliphatic carbocycles. The van der Waals surface area contributed by atoms with Crippen LogP contribution in [0.25, 0.3) is 0 Å². The van der Waals surface area contributed by atoms with Crippen LogP contribution >= 0.6 is 0 Å². The number of benzene rings is 2. The summed E-state index contributed by atoms with van der Waals surface area (Å²) in [7, 11) is 1.60. The minimum absolute atomic E-state index is 0.00709. The molecule has 0 aromatic heterocycles. The van der Waals surface area contributed by atoms with E-state index in [0.717, 1.165) is 12.2 Å². The monoisotopic (exact) mass is 404 g/mol. The summed E-state index contributed by atoms with van der Waals surface area (Å²) in [6.45, 7) is 1.12. The summed E-state index contributed by atoms with van der Waals surface area (Å²) < 4.78 is 11.3. The number of nitrogens with zero attached hydrogens (tertiary/aromatic N) is 1. The fourth-order valence-electron chi connectivity index (χ4n) is 4.88. The molecule has 2 aromatic rings. The zero-order valence-electron chi connectivity index (χ0n) is 16.8. The number of carbonyl (C=O) groups excluding carboxylic acids is 2. The first-order valence-electron chi connectivity index (χ1n) is 10.2. The minimum Gasteiger partial charge on any atom is -0.497 e. The van der Waals surface area contributed by atoms with Crippen LogP contribution in [-0.2, 0) is 20.7 Å². The zero-order valence-corrected chi connectivity index (χ0v) is 16.8. The topological polar surface area (TPSA) is 67.9 Å². The Balaban J connectivity index is 1.31. The molecule has 1 spiro atoms. The molecule has 154 valence electrons. The molecule has 4 atom stereocenters. The van der Waals surface area contributed by atoms with Crippen molar-refractivity contribution in [2.45, 2.75) is 18.1 Å². The van der Waals surface area contributed by atoms with Gasteiger partial charge in [0.15, 0.2) is 0 Å². The van der Waals surface area contributed by atoms with Gasteiger partial charge in [-0.1, -0.05) is 42.5 Å². The maximum absolute atomic E-state index is 13.3. The molecule has 2 bridgehead atoms. The quantitative estimate of drug-likeness (QED) is 0.752. The van der Waals surface area contributed by atoms with Crippen molar-refractivity contribution in [3.63, 3.8) is 0 Å². The Kier molecular flexibility index (Phi) is 4.59. The first kappa shape index (κ1) is 18.9. The average molecular weight is 404 g/mol.